The molecule has 0 bridgehead atoms. The lowest BCUT2D eigenvalue weighted by molar-refractivity contribution is 0.860. The van der Waals surface area contributed by atoms with Gasteiger partial charge in [0.25, 0.3) is 0 Å². The van der Waals surface area contributed by atoms with Crippen molar-refractivity contribution in [2.45, 2.75) is 26.3 Å². The largest absolute Gasteiger partial charge is 0.320 e. The van der Waals surface area contributed by atoms with Crippen LogP contribution in [0.1, 0.15) is 35.2 Å². The summed E-state index contributed by atoms with van der Waals surface area (Å²) in [5.41, 5.74) is 11.0. The van der Waals surface area contributed by atoms with E-state index in [1.807, 2.05) is 25.1 Å². The van der Waals surface area contributed by atoms with Crippen LogP contribution < -0.4 is 5.73 Å². The summed E-state index contributed by atoms with van der Waals surface area (Å²) in [5, 5.41) is 0.754. The summed E-state index contributed by atoms with van der Waals surface area (Å²) in [5.74, 6) is 0. The van der Waals surface area contributed by atoms with Crippen molar-refractivity contribution in [2.24, 2.45) is 5.73 Å². The molecule has 0 amide bonds. The van der Waals surface area contributed by atoms with E-state index in [1.165, 1.54) is 5.56 Å². The highest BCUT2D eigenvalue weighted by Gasteiger charge is 2.11. The van der Waals surface area contributed by atoms with Crippen molar-refractivity contribution >= 4 is 11.6 Å². The van der Waals surface area contributed by atoms with Crippen LogP contribution in [0.25, 0.3) is 0 Å². The Hall–Kier alpha value is -1.31. The summed E-state index contributed by atoms with van der Waals surface area (Å²) in [6.07, 6.45) is 1.05. The van der Waals surface area contributed by atoms with Crippen LogP contribution in [-0.2, 0) is 6.42 Å². The molecule has 0 saturated carbocycles. The van der Waals surface area contributed by atoms with E-state index in [0.717, 1.165) is 28.1 Å². The van der Waals surface area contributed by atoms with E-state index >= 15 is 0 Å². The van der Waals surface area contributed by atoms with Gasteiger partial charge in [-0.3, -0.25) is 0 Å². The van der Waals surface area contributed by atoms with Gasteiger partial charge in [0.1, 0.15) is 0 Å². The van der Waals surface area contributed by atoms with Crippen molar-refractivity contribution in [2.75, 3.05) is 0 Å². The fourth-order valence-corrected chi connectivity index (χ4v) is 2.35. The molecule has 1 nitrogen and oxygen atoms in total. The number of rotatable bonds is 3. The topological polar surface area (TPSA) is 26.0 Å². The Morgan fingerprint density at radius 2 is 1.78 bits per heavy atom. The van der Waals surface area contributed by atoms with E-state index in [1.54, 1.807) is 0 Å². The molecule has 0 aromatic heterocycles. The Balaban J connectivity index is 2.31. The van der Waals surface area contributed by atoms with E-state index in [-0.39, 0.29) is 6.04 Å². The van der Waals surface area contributed by atoms with Crippen LogP contribution >= 0.6 is 11.6 Å². The maximum Gasteiger partial charge on any atom is 0.0554 e. The van der Waals surface area contributed by atoms with Crippen LogP contribution in [0.3, 0.4) is 0 Å². The molecule has 0 fully saturated rings. The van der Waals surface area contributed by atoms with Crippen molar-refractivity contribution in [3.63, 3.8) is 0 Å². The molecule has 0 heterocycles. The quantitative estimate of drug-likeness (QED) is 0.876. The summed E-state index contributed by atoms with van der Waals surface area (Å²) in [6, 6.07) is 14.3. The van der Waals surface area contributed by atoms with Gasteiger partial charge in [0, 0.05) is 5.02 Å². The van der Waals surface area contributed by atoms with Crippen molar-refractivity contribution in [3.05, 3.63) is 69.7 Å². The lowest BCUT2D eigenvalue weighted by Crippen LogP contribution is -2.13. The van der Waals surface area contributed by atoms with Gasteiger partial charge < -0.3 is 5.73 Å². The predicted octanol–water partition coefficient (Wildman–Crippen LogP) is 4.26. The standard InChI is InChI=1S/C16H18ClN/c1-3-12-4-6-13(7-5-12)16(18)15-9-8-14(17)10-11(15)2/h4-10,16H,3,18H2,1-2H3. The van der Waals surface area contributed by atoms with Crippen LogP contribution in [0.5, 0.6) is 0 Å². The molecule has 0 aliphatic rings. The molecule has 0 aliphatic carbocycles. The molecule has 2 aromatic rings. The zero-order chi connectivity index (χ0) is 13.1. The molecule has 18 heavy (non-hydrogen) atoms. The molecular formula is C16H18ClN. The lowest BCUT2D eigenvalue weighted by atomic mass is 9.95. The van der Waals surface area contributed by atoms with Crippen molar-refractivity contribution in [1.82, 2.24) is 0 Å². The Kier molecular flexibility index (Phi) is 4.05. The number of hydrogen-bond donors (Lipinski definition) is 1. The number of halogens is 1. The summed E-state index contributed by atoms with van der Waals surface area (Å²) in [4.78, 5) is 0. The van der Waals surface area contributed by atoms with Gasteiger partial charge in [-0.05, 0) is 47.7 Å². The first-order valence-corrected chi connectivity index (χ1v) is 6.60. The summed E-state index contributed by atoms with van der Waals surface area (Å²) >= 11 is 5.97. The second-order valence-electron chi connectivity index (χ2n) is 4.57. The third-order valence-electron chi connectivity index (χ3n) is 3.31. The highest BCUT2D eigenvalue weighted by Crippen LogP contribution is 2.25. The van der Waals surface area contributed by atoms with Crippen LogP contribution in [0, 0.1) is 6.92 Å². The second kappa shape index (κ2) is 5.55. The molecule has 1 unspecified atom stereocenters. The molecule has 2 rings (SSSR count). The number of nitrogens with two attached hydrogens (primary N) is 1. The molecule has 2 N–H and O–H groups in total. The van der Waals surface area contributed by atoms with Gasteiger partial charge in [-0.1, -0.05) is 48.9 Å². The third kappa shape index (κ3) is 2.74. The SMILES string of the molecule is CCc1ccc(C(N)c2ccc(Cl)cc2C)cc1. The summed E-state index contributed by atoms with van der Waals surface area (Å²) < 4.78 is 0. The molecular weight excluding hydrogens is 242 g/mol. The fourth-order valence-electron chi connectivity index (χ4n) is 2.13. The predicted molar refractivity (Wildman–Crippen MR) is 78.0 cm³/mol. The smallest absolute Gasteiger partial charge is 0.0554 e. The average Bonchev–Trinajstić information content (AvgIpc) is 2.38. The highest BCUT2D eigenvalue weighted by molar-refractivity contribution is 6.30. The third-order valence-corrected chi connectivity index (χ3v) is 3.55. The first kappa shape index (κ1) is 13.1. The van der Waals surface area contributed by atoms with Gasteiger partial charge in [0.15, 0.2) is 0 Å². The maximum absolute atomic E-state index is 6.32. The summed E-state index contributed by atoms with van der Waals surface area (Å²) in [7, 11) is 0. The monoisotopic (exact) mass is 259 g/mol. The van der Waals surface area contributed by atoms with Gasteiger partial charge in [0.2, 0.25) is 0 Å². The molecule has 0 radical (unpaired) electrons. The maximum atomic E-state index is 6.32. The Morgan fingerprint density at radius 1 is 1.11 bits per heavy atom. The minimum atomic E-state index is -0.0897. The van der Waals surface area contributed by atoms with Crippen LogP contribution in [-0.4, -0.2) is 0 Å². The van der Waals surface area contributed by atoms with Crippen LogP contribution in [0.15, 0.2) is 42.5 Å². The molecule has 2 heteroatoms. The molecule has 0 saturated heterocycles. The second-order valence-corrected chi connectivity index (χ2v) is 5.01. The van der Waals surface area contributed by atoms with Crippen LogP contribution in [0.2, 0.25) is 5.02 Å². The Morgan fingerprint density at radius 3 is 2.33 bits per heavy atom. The first-order valence-electron chi connectivity index (χ1n) is 6.22. The van der Waals surface area contributed by atoms with E-state index in [2.05, 4.69) is 31.2 Å². The normalized spacial score (nSPS) is 12.4. The number of benzene rings is 2. The van der Waals surface area contributed by atoms with E-state index in [9.17, 15) is 0 Å². The van der Waals surface area contributed by atoms with E-state index in [4.69, 9.17) is 17.3 Å². The molecule has 1 atom stereocenters. The minimum absolute atomic E-state index is 0.0897. The zero-order valence-electron chi connectivity index (χ0n) is 10.8. The fraction of sp³-hybridized carbons (Fsp3) is 0.250. The molecule has 0 spiro atoms. The highest BCUT2D eigenvalue weighted by atomic mass is 35.5. The van der Waals surface area contributed by atoms with Crippen molar-refractivity contribution in [3.8, 4) is 0 Å². The number of aryl methyl sites for hydroxylation is 2. The average molecular weight is 260 g/mol. The number of hydrogen-bond acceptors (Lipinski definition) is 1. The van der Waals surface area contributed by atoms with Crippen molar-refractivity contribution in [1.29, 1.82) is 0 Å². The Labute approximate surface area is 114 Å². The van der Waals surface area contributed by atoms with Gasteiger partial charge >= 0.3 is 0 Å². The Bertz CT molecular complexity index is 531. The molecule has 0 aliphatic heterocycles. The van der Waals surface area contributed by atoms with Crippen molar-refractivity contribution < 1.29 is 0 Å². The van der Waals surface area contributed by atoms with Gasteiger partial charge in [-0.2, -0.15) is 0 Å². The molecule has 94 valence electrons. The minimum Gasteiger partial charge on any atom is -0.320 e. The van der Waals surface area contributed by atoms with E-state index in [0.29, 0.717) is 0 Å². The zero-order valence-corrected chi connectivity index (χ0v) is 11.5. The van der Waals surface area contributed by atoms with Crippen LogP contribution in [0.4, 0.5) is 0 Å². The first-order chi connectivity index (χ1) is 8.61. The van der Waals surface area contributed by atoms with Gasteiger partial charge in [-0.15, -0.1) is 0 Å². The molecule has 2 aromatic carbocycles. The van der Waals surface area contributed by atoms with E-state index < -0.39 is 0 Å². The van der Waals surface area contributed by atoms with Gasteiger partial charge in [0.05, 0.1) is 6.04 Å². The summed E-state index contributed by atoms with van der Waals surface area (Å²) in [6.45, 7) is 4.19. The van der Waals surface area contributed by atoms with Gasteiger partial charge in [-0.25, -0.2) is 0 Å². The lowest BCUT2D eigenvalue weighted by Gasteiger charge is -2.16.